The lowest BCUT2D eigenvalue weighted by molar-refractivity contribution is -0.116. The number of hydrogen-bond donors (Lipinski definition) is 1. The van der Waals surface area contributed by atoms with Crippen molar-refractivity contribution in [3.05, 3.63) is 30.2 Å². The molecule has 1 aromatic rings. The van der Waals surface area contributed by atoms with E-state index in [9.17, 15) is 4.79 Å². The molecular formula is C15H20N2O3. The van der Waals surface area contributed by atoms with Gasteiger partial charge in [0, 0.05) is 18.5 Å². The van der Waals surface area contributed by atoms with Gasteiger partial charge in [-0.3, -0.25) is 9.78 Å². The summed E-state index contributed by atoms with van der Waals surface area (Å²) in [5.74, 6) is 0.550. The second-order valence-electron chi connectivity index (χ2n) is 5.08. The number of pyridine rings is 1. The van der Waals surface area contributed by atoms with Gasteiger partial charge in [-0.2, -0.15) is 0 Å². The highest BCUT2D eigenvalue weighted by molar-refractivity contribution is 6.20. The fourth-order valence-corrected chi connectivity index (χ4v) is 2.01. The molecule has 1 fully saturated rings. The molecule has 0 saturated carbocycles. The minimum Gasteiger partial charge on any atom is -0.486 e. The summed E-state index contributed by atoms with van der Waals surface area (Å²) in [5.41, 5.74) is 6.55. The van der Waals surface area contributed by atoms with Crippen LogP contribution in [0.15, 0.2) is 24.5 Å². The molecule has 0 amide bonds. The molecule has 108 valence electrons. The van der Waals surface area contributed by atoms with Crippen LogP contribution in [0, 0.1) is 5.92 Å². The highest BCUT2D eigenvalue weighted by Crippen LogP contribution is 2.20. The largest absolute Gasteiger partial charge is 0.486 e. The van der Waals surface area contributed by atoms with Crippen molar-refractivity contribution in [2.75, 3.05) is 13.2 Å². The Hall–Kier alpha value is -1.88. The molecule has 20 heavy (non-hydrogen) atoms. The Morgan fingerprint density at radius 1 is 1.55 bits per heavy atom. The van der Waals surface area contributed by atoms with Gasteiger partial charge in [0.15, 0.2) is 5.78 Å². The van der Waals surface area contributed by atoms with E-state index in [4.69, 9.17) is 15.2 Å². The van der Waals surface area contributed by atoms with Gasteiger partial charge < -0.3 is 15.2 Å². The van der Waals surface area contributed by atoms with Gasteiger partial charge in [0.25, 0.3) is 0 Å². The van der Waals surface area contributed by atoms with E-state index in [0.717, 1.165) is 13.0 Å². The van der Waals surface area contributed by atoms with Crippen LogP contribution in [-0.4, -0.2) is 30.1 Å². The minimum absolute atomic E-state index is 0.0159. The van der Waals surface area contributed by atoms with Crippen molar-refractivity contribution in [2.45, 2.75) is 26.4 Å². The van der Waals surface area contributed by atoms with E-state index in [1.165, 1.54) is 6.20 Å². The van der Waals surface area contributed by atoms with Gasteiger partial charge in [0.1, 0.15) is 11.9 Å². The van der Waals surface area contributed by atoms with Crippen LogP contribution in [0.2, 0.25) is 0 Å². The summed E-state index contributed by atoms with van der Waals surface area (Å²) >= 11 is 0. The average Bonchev–Trinajstić information content (AvgIpc) is 2.94. The van der Waals surface area contributed by atoms with Crippen LogP contribution in [-0.2, 0) is 9.53 Å². The van der Waals surface area contributed by atoms with E-state index in [-0.39, 0.29) is 17.8 Å². The topological polar surface area (TPSA) is 74.4 Å². The molecule has 0 spiro atoms. The number of aromatic nitrogens is 1. The summed E-state index contributed by atoms with van der Waals surface area (Å²) in [4.78, 5) is 16.3. The number of nitrogens with zero attached hydrogens (tertiary/aromatic N) is 1. The molecule has 0 aromatic carbocycles. The first-order valence-corrected chi connectivity index (χ1v) is 6.78. The SMILES string of the molecule is CC(C)C(=O)C(=CN)c1ccc(OC2CCOC2)cn1. The number of rotatable bonds is 5. The molecule has 1 saturated heterocycles. The molecule has 2 heterocycles. The third-order valence-electron chi connectivity index (χ3n) is 3.16. The van der Waals surface area contributed by atoms with E-state index < -0.39 is 0 Å². The number of Topliss-reactive ketones (excluding diaryl/α,β-unsaturated/α-hetero) is 1. The highest BCUT2D eigenvalue weighted by Gasteiger charge is 2.19. The number of carbonyl (C=O) groups excluding carboxylic acids is 1. The van der Waals surface area contributed by atoms with Crippen molar-refractivity contribution >= 4 is 11.4 Å². The Labute approximate surface area is 118 Å². The van der Waals surface area contributed by atoms with Crippen LogP contribution in [0.1, 0.15) is 26.0 Å². The van der Waals surface area contributed by atoms with Gasteiger partial charge in [-0.25, -0.2) is 0 Å². The van der Waals surface area contributed by atoms with Crippen LogP contribution in [0.3, 0.4) is 0 Å². The van der Waals surface area contributed by atoms with E-state index in [1.54, 1.807) is 18.3 Å². The zero-order valence-corrected chi connectivity index (χ0v) is 11.8. The van der Waals surface area contributed by atoms with Crippen molar-refractivity contribution in [3.8, 4) is 5.75 Å². The van der Waals surface area contributed by atoms with Gasteiger partial charge >= 0.3 is 0 Å². The van der Waals surface area contributed by atoms with Crippen molar-refractivity contribution in [3.63, 3.8) is 0 Å². The summed E-state index contributed by atoms with van der Waals surface area (Å²) in [7, 11) is 0. The monoisotopic (exact) mass is 276 g/mol. The molecule has 2 N–H and O–H groups in total. The van der Waals surface area contributed by atoms with Crippen molar-refractivity contribution < 1.29 is 14.3 Å². The molecule has 1 atom stereocenters. The van der Waals surface area contributed by atoms with Crippen LogP contribution in [0.4, 0.5) is 0 Å². The first kappa shape index (κ1) is 14.5. The molecule has 0 bridgehead atoms. The third-order valence-corrected chi connectivity index (χ3v) is 3.16. The Balaban J connectivity index is 2.08. The molecule has 1 aromatic heterocycles. The van der Waals surface area contributed by atoms with E-state index in [0.29, 0.717) is 23.6 Å². The highest BCUT2D eigenvalue weighted by atomic mass is 16.5. The summed E-state index contributed by atoms with van der Waals surface area (Å²) in [6.07, 6.45) is 3.91. The van der Waals surface area contributed by atoms with Crippen LogP contribution in [0.25, 0.3) is 5.57 Å². The number of hydrogen-bond acceptors (Lipinski definition) is 5. The molecule has 2 rings (SSSR count). The maximum atomic E-state index is 12.0. The van der Waals surface area contributed by atoms with E-state index in [2.05, 4.69) is 4.98 Å². The molecule has 5 nitrogen and oxygen atoms in total. The van der Waals surface area contributed by atoms with Crippen molar-refractivity contribution in [2.24, 2.45) is 11.7 Å². The van der Waals surface area contributed by atoms with Crippen LogP contribution >= 0.6 is 0 Å². The van der Waals surface area contributed by atoms with Crippen molar-refractivity contribution in [1.29, 1.82) is 0 Å². The van der Waals surface area contributed by atoms with Gasteiger partial charge in [0.05, 0.1) is 30.7 Å². The number of ether oxygens (including phenoxy) is 2. The Kier molecular flexibility index (Phi) is 4.74. The van der Waals surface area contributed by atoms with Crippen LogP contribution < -0.4 is 10.5 Å². The predicted molar refractivity (Wildman–Crippen MR) is 76.1 cm³/mol. The molecule has 0 radical (unpaired) electrons. The lowest BCUT2D eigenvalue weighted by atomic mass is 9.99. The maximum Gasteiger partial charge on any atom is 0.169 e. The van der Waals surface area contributed by atoms with E-state index >= 15 is 0 Å². The normalized spacial score (nSPS) is 19.4. The van der Waals surface area contributed by atoms with Gasteiger partial charge in [-0.05, 0) is 12.1 Å². The zero-order chi connectivity index (χ0) is 14.5. The number of carbonyl (C=O) groups is 1. The van der Waals surface area contributed by atoms with Crippen LogP contribution in [0.5, 0.6) is 5.75 Å². The molecule has 5 heteroatoms. The molecular weight excluding hydrogens is 256 g/mol. The molecule has 1 aliphatic heterocycles. The van der Waals surface area contributed by atoms with Gasteiger partial charge in [-0.1, -0.05) is 13.8 Å². The molecule has 1 aliphatic rings. The standard InChI is InChI=1S/C15H20N2O3/c1-10(2)15(18)13(7-16)14-4-3-11(8-17-14)20-12-5-6-19-9-12/h3-4,7-8,10,12H,5-6,9,16H2,1-2H3. The smallest absolute Gasteiger partial charge is 0.169 e. The Bertz CT molecular complexity index is 488. The fourth-order valence-electron chi connectivity index (χ4n) is 2.01. The number of nitrogens with two attached hydrogens (primary N) is 1. The second kappa shape index (κ2) is 6.52. The van der Waals surface area contributed by atoms with Gasteiger partial charge in [0.2, 0.25) is 0 Å². The van der Waals surface area contributed by atoms with E-state index in [1.807, 2.05) is 13.8 Å². The Morgan fingerprint density at radius 2 is 2.35 bits per heavy atom. The summed E-state index contributed by atoms with van der Waals surface area (Å²) in [6, 6.07) is 3.56. The fraction of sp³-hybridized carbons (Fsp3) is 0.467. The lowest BCUT2D eigenvalue weighted by Gasteiger charge is -2.12. The number of allylic oxidation sites excluding steroid dienone is 1. The second-order valence-corrected chi connectivity index (χ2v) is 5.08. The summed E-state index contributed by atoms with van der Waals surface area (Å²) < 4.78 is 11.0. The maximum absolute atomic E-state index is 12.0. The molecule has 0 aliphatic carbocycles. The summed E-state index contributed by atoms with van der Waals surface area (Å²) in [6.45, 7) is 5.02. The lowest BCUT2D eigenvalue weighted by Crippen LogP contribution is -2.16. The first-order chi connectivity index (χ1) is 9.61. The zero-order valence-electron chi connectivity index (χ0n) is 11.8. The quantitative estimate of drug-likeness (QED) is 0.830. The minimum atomic E-state index is -0.113. The average molecular weight is 276 g/mol. The first-order valence-electron chi connectivity index (χ1n) is 6.78. The predicted octanol–water partition coefficient (Wildman–Crippen LogP) is 1.77. The van der Waals surface area contributed by atoms with Gasteiger partial charge in [-0.15, -0.1) is 0 Å². The van der Waals surface area contributed by atoms with Crippen molar-refractivity contribution in [1.82, 2.24) is 4.98 Å². The number of ketones is 1. The third kappa shape index (κ3) is 3.36. The molecule has 1 unspecified atom stereocenters. The summed E-state index contributed by atoms with van der Waals surface area (Å²) in [5, 5.41) is 0. The Morgan fingerprint density at radius 3 is 2.85 bits per heavy atom.